The largest absolute Gasteiger partial charge is 0.468 e. The van der Waals surface area contributed by atoms with Gasteiger partial charge in [0.25, 0.3) is 0 Å². The van der Waals surface area contributed by atoms with Gasteiger partial charge in [-0.2, -0.15) is 0 Å². The Balaban J connectivity index is 1.97. The first kappa shape index (κ1) is 11.9. The van der Waals surface area contributed by atoms with Gasteiger partial charge in [-0.1, -0.05) is 30.3 Å². The first-order chi connectivity index (χ1) is 8.38. The van der Waals surface area contributed by atoms with E-state index in [2.05, 4.69) is 29.2 Å². The Hall–Kier alpha value is -1.58. The molecule has 0 fully saturated rings. The Labute approximate surface area is 102 Å². The summed E-state index contributed by atoms with van der Waals surface area (Å²) in [7, 11) is 0. The van der Waals surface area contributed by atoms with E-state index < -0.39 is 0 Å². The highest BCUT2D eigenvalue weighted by Gasteiger charge is 2.07. The molecule has 0 aliphatic rings. The summed E-state index contributed by atoms with van der Waals surface area (Å²) < 4.78 is 5.37. The van der Waals surface area contributed by atoms with Gasteiger partial charge in [0.15, 0.2) is 0 Å². The van der Waals surface area contributed by atoms with Crippen molar-refractivity contribution in [3.8, 4) is 0 Å². The quantitative estimate of drug-likeness (QED) is 0.827. The van der Waals surface area contributed by atoms with Crippen LogP contribution in [0.4, 0.5) is 0 Å². The Morgan fingerprint density at radius 2 is 1.82 bits per heavy atom. The molecule has 0 amide bonds. The van der Waals surface area contributed by atoms with Crippen LogP contribution in [-0.2, 0) is 13.1 Å². The number of nitrogens with two attached hydrogens (primary N) is 1. The van der Waals surface area contributed by atoms with Crippen LogP contribution in [0.15, 0.2) is 53.1 Å². The summed E-state index contributed by atoms with van der Waals surface area (Å²) in [6.45, 7) is 3.24. The van der Waals surface area contributed by atoms with Gasteiger partial charge in [0.05, 0.1) is 12.8 Å². The van der Waals surface area contributed by atoms with Crippen LogP contribution in [0.2, 0.25) is 0 Å². The molecule has 0 atom stereocenters. The molecule has 0 saturated heterocycles. The summed E-state index contributed by atoms with van der Waals surface area (Å²) in [6.07, 6.45) is 1.71. The van der Waals surface area contributed by atoms with E-state index in [1.165, 1.54) is 5.56 Å². The molecule has 0 spiro atoms. The molecule has 0 aliphatic carbocycles. The third-order valence-electron chi connectivity index (χ3n) is 2.65. The normalized spacial score (nSPS) is 10.9. The second-order valence-corrected chi connectivity index (χ2v) is 4.06. The minimum atomic E-state index is 0.660. The zero-order valence-corrected chi connectivity index (χ0v) is 9.88. The summed E-state index contributed by atoms with van der Waals surface area (Å²) in [5.74, 6) is 0.981. The molecule has 0 aliphatic heterocycles. The summed E-state index contributed by atoms with van der Waals surface area (Å²) in [5, 5.41) is 0. The van der Waals surface area contributed by atoms with E-state index in [-0.39, 0.29) is 0 Å². The second-order valence-electron chi connectivity index (χ2n) is 4.06. The van der Waals surface area contributed by atoms with Crippen LogP contribution in [0.1, 0.15) is 11.3 Å². The highest BCUT2D eigenvalue weighted by atomic mass is 16.3. The van der Waals surface area contributed by atoms with Gasteiger partial charge >= 0.3 is 0 Å². The van der Waals surface area contributed by atoms with Crippen molar-refractivity contribution in [1.82, 2.24) is 4.90 Å². The van der Waals surface area contributed by atoms with Gasteiger partial charge in [0, 0.05) is 19.6 Å². The molecular weight excluding hydrogens is 212 g/mol. The molecule has 3 heteroatoms. The zero-order valence-electron chi connectivity index (χ0n) is 9.88. The molecule has 3 nitrogen and oxygen atoms in total. The van der Waals surface area contributed by atoms with Crippen molar-refractivity contribution in [3.05, 3.63) is 60.1 Å². The van der Waals surface area contributed by atoms with Crippen LogP contribution in [-0.4, -0.2) is 18.0 Å². The molecule has 1 aromatic carbocycles. The molecule has 0 radical (unpaired) electrons. The minimum absolute atomic E-state index is 0.660. The molecule has 90 valence electrons. The minimum Gasteiger partial charge on any atom is -0.468 e. The lowest BCUT2D eigenvalue weighted by atomic mass is 10.2. The molecule has 2 N–H and O–H groups in total. The monoisotopic (exact) mass is 230 g/mol. The average molecular weight is 230 g/mol. The first-order valence-corrected chi connectivity index (χ1v) is 5.87. The molecule has 1 aromatic heterocycles. The van der Waals surface area contributed by atoms with Crippen molar-refractivity contribution >= 4 is 0 Å². The van der Waals surface area contributed by atoms with Gasteiger partial charge < -0.3 is 10.2 Å². The predicted molar refractivity (Wildman–Crippen MR) is 68.3 cm³/mol. The van der Waals surface area contributed by atoms with Gasteiger partial charge in [0.2, 0.25) is 0 Å². The number of nitrogens with zero attached hydrogens (tertiary/aromatic N) is 1. The lowest BCUT2D eigenvalue weighted by molar-refractivity contribution is 0.242. The van der Waals surface area contributed by atoms with Crippen LogP contribution < -0.4 is 5.73 Å². The van der Waals surface area contributed by atoms with Gasteiger partial charge in [-0.25, -0.2) is 0 Å². The van der Waals surface area contributed by atoms with E-state index >= 15 is 0 Å². The van der Waals surface area contributed by atoms with E-state index in [4.69, 9.17) is 10.2 Å². The standard InChI is InChI=1S/C14H18N2O/c15-8-9-16(12-14-7-4-10-17-14)11-13-5-2-1-3-6-13/h1-7,10H,8-9,11-12,15H2. The van der Waals surface area contributed by atoms with Crippen LogP contribution in [0.5, 0.6) is 0 Å². The SMILES string of the molecule is NCCN(Cc1ccccc1)Cc1ccco1. The number of furan rings is 1. The van der Waals surface area contributed by atoms with Crippen molar-refractivity contribution in [1.29, 1.82) is 0 Å². The molecular formula is C14H18N2O. The molecule has 1 heterocycles. The van der Waals surface area contributed by atoms with E-state index in [0.717, 1.165) is 25.4 Å². The van der Waals surface area contributed by atoms with Crippen LogP contribution in [0.3, 0.4) is 0 Å². The smallest absolute Gasteiger partial charge is 0.117 e. The number of hydrogen-bond donors (Lipinski definition) is 1. The summed E-state index contributed by atoms with van der Waals surface area (Å²) >= 11 is 0. The van der Waals surface area contributed by atoms with Crippen LogP contribution >= 0.6 is 0 Å². The lowest BCUT2D eigenvalue weighted by Gasteiger charge is -2.20. The maximum absolute atomic E-state index is 5.64. The lowest BCUT2D eigenvalue weighted by Crippen LogP contribution is -2.28. The Morgan fingerprint density at radius 1 is 1.00 bits per heavy atom. The second kappa shape index (κ2) is 6.23. The van der Waals surface area contributed by atoms with E-state index in [9.17, 15) is 0 Å². The van der Waals surface area contributed by atoms with Crippen molar-refractivity contribution < 1.29 is 4.42 Å². The molecule has 2 rings (SSSR count). The maximum atomic E-state index is 5.64. The van der Waals surface area contributed by atoms with Crippen LogP contribution in [0, 0.1) is 0 Å². The highest BCUT2D eigenvalue weighted by molar-refractivity contribution is 5.14. The number of hydrogen-bond acceptors (Lipinski definition) is 3. The van der Waals surface area contributed by atoms with Crippen molar-refractivity contribution in [2.45, 2.75) is 13.1 Å². The maximum Gasteiger partial charge on any atom is 0.117 e. The third-order valence-corrected chi connectivity index (χ3v) is 2.65. The molecule has 17 heavy (non-hydrogen) atoms. The van der Waals surface area contributed by atoms with Crippen molar-refractivity contribution in [2.75, 3.05) is 13.1 Å². The van der Waals surface area contributed by atoms with Gasteiger partial charge in [-0.3, -0.25) is 4.90 Å². The summed E-state index contributed by atoms with van der Waals surface area (Å²) in [4.78, 5) is 2.29. The topological polar surface area (TPSA) is 42.4 Å². The summed E-state index contributed by atoms with van der Waals surface area (Å²) in [6, 6.07) is 14.3. The fraction of sp³-hybridized carbons (Fsp3) is 0.286. The Morgan fingerprint density at radius 3 is 2.47 bits per heavy atom. The van der Waals surface area contributed by atoms with Gasteiger partial charge in [-0.15, -0.1) is 0 Å². The van der Waals surface area contributed by atoms with E-state index in [1.807, 2.05) is 18.2 Å². The number of benzene rings is 1. The predicted octanol–water partition coefficient (Wildman–Crippen LogP) is 2.24. The fourth-order valence-corrected chi connectivity index (χ4v) is 1.86. The van der Waals surface area contributed by atoms with Gasteiger partial charge in [0.1, 0.15) is 5.76 Å². The highest BCUT2D eigenvalue weighted by Crippen LogP contribution is 2.09. The van der Waals surface area contributed by atoms with Crippen molar-refractivity contribution in [2.24, 2.45) is 5.73 Å². The molecule has 0 saturated carbocycles. The van der Waals surface area contributed by atoms with Gasteiger partial charge in [-0.05, 0) is 17.7 Å². The molecule has 0 bridgehead atoms. The number of rotatable bonds is 6. The molecule has 2 aromatic rings. The average Bonchev–Trinajstić information content (AvgIpc) is 2.83. The fourth-order valence-electron chi connectivity index (χ4n) is 1.86. The Kier molecular flexibility index (Phi) is 4.36. The van der Waals surface area contributed by atoms with E-state index in [1.54, 1.807) is 6.26 Å². The van der Waals surface area contributed by atoms with Crippen LogP contribution in [0.25, 0.3) is 0 Å². The first-order valence-electron chi connectivity index (χ1n) is 5.87. The Bertz CT molecular complexity index is 411. The van der Waals surface area contributed by atoms with Crippen molar-refractivity contribution in [3.63, 3.8) is 0 Å². The molecule has 0 unspecified atom stereocenters. The zero-order chi connectivity index (χ0) is 11.9. The summed E-state index contributed by atoms with van der Waals surface area (Å²) in [5.41, 5.74) is 6.94. The van der Waals surface area contributed by atoms with E-state index in [0.29, 0.717) is 6.54 Å². The third kappa shape index (κ3) is 3.73.